The maximum Gasteiger partial charge on any atom is 0.261 e. The number of hydrogen-bond acceptors (Lipinski definition) is 4. The van der Waals surface area contributed by atoms with E-state index in [1.807, 2.05) is 62.4 Å². The van der Waals surface area contributed by atoms with Gasteiger partial charge in [-0.15, -0.1) is 0 Å². The van der Waals surface area contributed by atoms with Crippen molar-refractivity contribution in [2.45, 2.75) is 19.9 Å². The van der Waals surface area contributed by atoms with Crippen molar-refractivity contribution in [3.63, 3.8) is 0 Å². The quantitative estimate of drug-likeness (QED) is 0.814. The first-order valence-corrected chi connectivity index (χ1v) is 8.91. The molecule has 0 unspecified atom stereocenters. The van der Waals surface area contributed by atoms with Gasteiger partial charge in [0, 0.05) is 18.3 Å². The highest BCUT2D eigenvalue weighted by Gasteiger charge is 2.33. The lowest BCUT2D eigenvalue weighted by Crippen LogP contribution is -2.57. The van der Waals surface area contributed by atoms with E-state index < -0.39 is 0 Å². The third kappa shape index (κ3) is 4.39. The molecule has 6 heteroatoms. The molecule has 0 radical (unpaired) electrons. The van der Waals surface area contributed by atoms with Gasteiger partial charge in [-0.1, -0.05) is 23.8 Å². The summed E-state index contributed by atoms with van der Waals surface area (Å²) in [6, 6.07) is 14.8. The van der Waals surface area contributed by atoms with Gasteiger partial charge in [0.1, 0.15) is 18.0 Å². The van der Waals surface area contributed by atoms with Crippen LogP contribution in [0.15, 0.2) is 48.5 Å². The van der Waals surface area contributed by atoms with Crippen LogP contribution in [0, 0.1) is 6.92 Å². The molecule has 2 amide bonds. The molecule has 1 aliphatic rings. The number of piperazine rings is 1. The SMILES string of the molecule is COc1cccc(N2C(=O)CN(C(=O)COc3ccc(C)cc3)C[C@H]2C)c1. The minimum atomic E-state index is -0.193. The van der Waals surface area contributed by atoms with Crippen LogP contribution in [0.3, 0.4) is 0 Å². The Morgan fingerprint density at radius 1 is 1.15 bits per heavy atom. The molecule has 1 saturated heterocycles. The Morgan fingerprint density at radius 2 is 1.89 bits per heavy atom. The molecule has 0 N–H and O–H groups in total. The van der Waals surface area contributed by atoms with Crippen LogP contribution in [0.4, 0.5) is 5.69 Å². The minimum Gasteiger partial charge on any atom is -0.497 e. The summed E-state index contributed by atoms with van der Waals surface area (Å²) in [5, 5.41) is 0. The summed E-state index contributed by atoms with van der Waals surface area (Å²) >= 11 is 0. The molecule has 1 heterocycles. The van der Waals surface area contributed by atoms with Crippen molar-refractivity contribution >= 4 is 17.5 Å². The Hall–Kier alpha value is -3.02. The smallest absolute Gasteiger partial charge is 0.261 e. The molecule has 0 spiro atoms. The summed E-state index contributed by atoms with van der Waals surface area (Å²) in [4.78, 5) is 28.4. The molecule has 1 atom stereocenters. The van der Waals surface area contributed by atoms with Gasteiger partial charge in [-0.25, -0.2) is 0 Å². The minimum absolute atomic E-state index is 0.0393. The van der Waals surface area contributed by atoms with Gasteiger partial charge in [-0.05, 0) is 38.1 Å². The first-order chi connectivity index (χ1) is 13.0. The summed E-state index contributed by atoms with van der Waals surface area (Å²) in [7, 11) is 1.59. The molecule has 2 aromatic rings. The van der Waals surface area contributed by atoms with Crippen LogP contribution in [0.1, 0.15) is 12.5 Å². The van der Waals surface area contributed by atoms with Gasteiger partial charge in [-0.2, -0.15) is 0 Å². The van der Waals surface area contributed by atoms with Crippen LogP contribution < -0.4 is 14.4 Å². The van der Waals surface area contributed by atoms with E-state index in [1.54, 1.807) is 16.9 Å². The summed E-state index contributed by atoms with van der Waals surface area (Å²) in [5.74, 6) is 1.02. The highest BCUT2D eigenvalue weighted by atomic mass is 16.5. The number of rotatable bonds is 5. The van der Waals surface area contributed by atoms with Crippen molar-refractivity contribution < 1.29 is 19.1 Å². The number of hydrogen-bond donors (Lipinski definition) is 0. The number of methoxy groups -OCH3 is 1. The maximum atomic E-state index is 12.7. The molecule has 0 aliphatic carbocycles. The zero-order chi connectivity index (χ0) is 19.4. The van der Waals surface area contributed by atoms with E-state index in [9.17, 15) is 9.59 Å². The second-order valence-electron chi connectivity index (χ2n) is 6.69. The molecule has 2 aromatic carbocycles. The number of carbonyl (C=O) groups is 2. The summed E-state index contributed by atoms with van der Waals surface area (Å²) in [5.41, 5.74) is 1.90. The fourth-order valence-corrected chi connectivity index (χ4v) is 3.17. The Bertz CT molecular complexity index is 819. The fourth-order valence-electron chi connectivity index (χ4n) is 3.17. The van der Waals surface area contributed by atoms with E-state index in [0.717, 1.165) is 11.3 Å². The van der Waals surface area contributed by atoms with Crippen LogP contribution >= 0.6 is 0 Å². The normalized spacial score (nSPS) is 17.0. The molecular weight excluding hydrogens is 344 g/mol. The number of benzene rings is 2. The van der Waals surface area contributed by atoms with E-state index in [1.165, 1.54) is 0 Å². The maximum absolute atomic E-state index is 12.7. The average Bonchev–Trinajstić information content (AvgIpc) is 2.67. The lowest BCUT2D eigenvalue weighted by molar-refractivity contribution is -0.139. The second-order valence-corrected chi connectivity index (χ2v) is 6.69. The lowest BCUT2D eigenvalue weighted by Gasteiger charge is -2.39. The highest BCUT2D eigenvalue weighted by molar-refractivity contribution is 5.98. The molecule has 0 aromatic heterocycles. The molecule has 0 saturated carbocycles. The van der Waals surface area contributed by atoms with Gasteiger partial charge < -0.3 is 19.3 Å². The Balaban J connectivity index is 1.62. The van der Waals surface area contributed by atoms with Crippen LogP contribution in [0.2, 0.25) is 0 Å². The van der Waals surface area contributed by atoms with Crippen LogP contribution in [0.5, 0.6) is 11.5 Å². The van der Waals surface area contributed by atoms with E-state index in [4.69, 9.17) is 9.47 Å². The van der Waals surface area contributed by atoms with Crippen LogP contribution in [0.25, 0.3) is 0 Å². The molecule has 0 bridgehead atoms. The molecule has 3 rings (SSSR count). The number of amides is 2. The third-order valence-electron chi connectivity index (χ3n) is 4.59. The number of aryl methyl sites for hydroxylation is 1. The third-order valence-corrected chi connectivity index (χ3v) is 4.59. The van der Waals surface area contributed by atoms with Crippen molar-refractivity contribution in [2.24, 2.45) is 0 Å². The predicted molar refractivity (Wildman–Crippen MR) is 103 cm³/mol. The van der Waals surface area contributed by atoms with E-state index in [-0.39, 0.29) is 31.0 Å². The zero-order valence-electron chi connectivity index (χ0n) is 15.8. The van der Waals surface area contributed by atoms with Crippen molar-refractivity contribution in [3.05, 3.63) is 54.1 Å². The Morgan fingerprint density at radius 3 is 2.56 bits per heavy atom. The standard InChI is InChI=1S/C21H24N2O4/c1-15-7-9-18(10-8-15)27-14-21(25)22-12-16(2)23(20(24)13-22)17-5-4-6-19(11-17)26-3/h4-11,16H,12-14H2,1-3H3/t16-/m1/s1. The Labute approximate surface area is 159 Å². The van der Waals surface area contributed by atoms with E-state index in [0.29, 0.717) is 18.0 Å². The predicted octanol–water partition coefficient (Wildman–Crippen LogP) is 2.65. The number of nitrogens with zero attached hydrogens (tertiary/aromatic N) is 2. The van der Waals surface area contributed by atoms with Crippen molar-refractivity contribution in [1.29, 1.82) is 0 Å². The van der Waals surface area contributed by atoms with Gasteiger partial charge in [0.05, 0.1) is 13.2 Å². The van der Waals surface area contributed by atoms with Gasteiger partial charge in [0.15, 0.2) is 6.61 Å². The average molecular weight is 368 g/mol. The van der Waals surface area contributed by atoms with E-state index >= 15 is 0 Å². The van der Waals surface area contributed by atoms with Gasteiger partial charge in [0.2, 0.25) is 5.91 Å². The molecule has 142 valence electrons. The van der Waals surface area contributed by atoms with Crippen molar-refractivity contribution in [1.82, 2.24) is 4.90 Å². The summed E-state index contributed by atoms with van der Waals surface area (Å²) < 4.78 is 10.8. The largest absolute Gasteiger partial charge is 0.497 e. The molecule has 27 heavy (non-hydrogen) atoms. The van der Waals surface area contributed by atoms with Crippen LogP contribution in [-0.4, -0.2) is 49.6 Å². The molecular formula is C21H24N2O4. The van der Waals surface area contributed by atoms with Gasteiger partial charge in [-0.3, -0.25) is 9.59 Å². The first kappa shape index (κ1) is 18.8. The summed E-state index contributed by atoms with van der Waals surface area (Å²) in [6.45, 7) is 4.33. The fraction of sp³-hybridized carbons (Fsp3) is 0.333. The Kier molecular flexibility index (Phi) is 5.64. The number of ether oxygens (including phenoxy) is 2. The molecule has 1 aliphatic heterocycles. The van der Waals surface area contributed by atoms with Gasteiger partial charge >= 0.3 is 0 Å². The lowest BCUT2D eigenvalue weighted by atomic mass is 10.1. The zero-order valence-corrected chi connectivity index (χ0v) is 15.8. The van der Waals surface area contributed by atoms with E-state index in [2.05, 4.69) is 0 Å². The second kappa shape index (κ2) is 8.12. The highest BCUT2D eigenvalue weighted by Crippen LogP contribution is 2.25. The monoisotopic (exact) mass is 368 g/mol. The molecule has 6 nitrogen and oxygen atoms in total. The van der Waals surface area contributed by atoms with Crippen LogP contribution in [-0.2, 0) is 9.59 Å². The topological polar surface area (TPSA) is 59.1 Å². The van der Waals surface area contributed by atoms with Crippen molar-refractivity contribution in [3.8, 4) is 11.5 Å². The molecule has 1 fully saturated rings. The van der Waals surface area contributed by atoms with Crippen molar-refractivity contribution in [2.75, 3.05) is 31.7 Å². The van der Waals surface area contributed by atoms with Gasteiger partial charge in [0.25, 0.3) is 5.91 Å². The first-order valence-electron chi connectivity index (χ1n) is 8.91. The summed E-state index contributed by atoms with van der Waals surface area (Å²) in [6.07, 6.45) is 0. The number of anilines is 1. The number of carbonyl (C=O) groups excluding carboxylic acids is 2.